The monoisotopic (exact) mass is 428 g/mol. The number of nitrogens with zero attached hydrogens (tertiary/aromatic N) is 1. The summed E-state index contributed by atoms with van der Waals surface area (Å²) in [5, 5.41) is 3.53. The third-order valence-corrected chi connectivity index (χ3v) is 5.57. The van der Waals surface area contributed by atoms with Gasteiger partial charge in [-0.1, -0.05) is 53.9 Å². The molecule has 1 aliphatic carbocycles. The highest BCUT2D eigenvalue weighted by Gasteiger charge is 2.22. The molecule has 3 aromatic rings. The number of rotatable bonds is 6. The van der Waals surface area contributed by atoms with Gasteiger partial charge in [0.15, 0.2) is 0 Å². The number of halogens is 1. The predicted octanol–water partition coefficient (Wildman–Crippen LogP) is 5.84. The van der Waals surface area contributed by atoms with Crippen LogP contribution in [0.15, 0.2) is 72.8 Å². The lowest BCUT2D eigenvalue weighted by Gasteiger charge is -2.16. The quantitative estimate of drug-likeness (QED) is 0.500. The van der Waals surface area contributed by atoms with Gasteiger partial charge < -0.3 is 10.2 Å². The van der Waals surface area contributed by atoms with Crippen molar-refractivity contribution in [2.45, 2.75) is 19.4 Å². The molecule has 0 radical (unpaired) electrons. The molecule has 0 unspecified atom stereocenters. The van der Waals surface area contributed by atoms with E-state index in [1.807, 2.05) is 60.7 Å². The minimum absolute atomic E-state index is 0.326. The van der Waals surface area contributed by atoms with E-state index in [0.29, 0.717) is 10.7 Å². The topological polar surface area (TPSA) is 32.3 Å². The number of anilines is 1. The molecule has 0 heterocycles. The van der Waals surface area contributed by atoms with E-state index < -0.39 is 0 Å². The number of amides is 1. The van der Waals surface area contributed by atoms with Crippen LogP contribution in [0.3, 0.4) is 0 Å². The van der Waals surface area contributed by atoms with Crippen LogP contribution in [0.1, 0.15) is 24.0 Å². The Morgan fingerprint density at radius 2 is 1.58 bits per heavy atom. The van der Waals surface area contributed by atoms with Crippen LogP contribution in [0.4, 0.5) is 5.69 Å². The Labute approximate surface area is 189 Å². The maximum absolute atomic E-state index is 12.2. The van der Waals surface area contributed by atoms with E-state index in [-0.39, 0.29) is 5.91 Å². The Kier molecular flexibility index (Phi) is 6.72. The van der Waals surface area contributed by atoms with Gasteiger partial charge in [-0.2, -0.15) is 0 Å². The predicted molar refractivity (Wildman–Crippen MR) is 128 cm³/mol. The van der Waals surface area contributed by atoms with Gasteiger partial charge in [-0.05, 0) is 78.9 Å². The highest BCUT2D eigenvalue weighted by molar-refractivity contribution is 6.30. The van der Waals surface area contributed by atoms with Crippen LogP contribution in [0, 0.1) is 17.8 Å². The largest absolute Gasteiger partial charge is 0.315 e. The molecule has 1 amide bonds. The van der Waals surface area contributed by atoms with Crippen LogP contribution in [-0.4, -0.2) is 24.4 Å². The molecule has 1 saturated carbocycles. The molecule has 0 atom stereocenters. The number of hydrogen-bond acceptors (Lipinski definition) is 2. The van der Waals surface area contributed by atoms with Crippen molar-refractivity contribution in [3.8, 4) is 23.0 Å². The number of benzene rings is 3. The van der Waals surface area contributed by atoms with Gasteiger partial charge in [0.1, 0.15) is 0 Å². The molecule has 1 N–H and O–H groups in total. The third-order valence-electron chi connectivity index (χ3n) is 5.31. The van der Waals surface area contributed by atoms with Crippen molar-refractivity contribution in [3.05, 3.63) is 88.9 Å². The van der Waals surface area contributed by atoms with Crippen molar-refractivity contribution in [2.75, 3.05) is 18.9 Å². The highest BCUT2D eigenvalue weighted by atomic mass is 35.5. The van der Waals surface area contributed by atoms with Gasteiger partial charge in [0.05, 0.1) is 0 Å². The second-order valence-electron chi connectivity index (χ2n) is 8.13. The first-order valence-corrected chi connectivity index (χ1v) is 10.9. The summed E-state index contributed by atoms with van der Waals surface area (Å²) in [6.07, 6.45) is 2.74. The molecule has 31 heavy (non-hydrogen) atoms. The Bertz CT molecular complexity index is 1090. The maximum atomic E-state index is 12.2. The molecular weight excluding hydrogens is 404 g/mol. The molecule has 4 rings (SSSR count). The van der Waals surface area contributed by atoms with Gasteiger partial charge in [-0.3, -0.25) is 4.79 Å². The Morgan fingerprint density at radius 1 is 0.968 bits per heavy atom. The van der Waals surface area contributed by atoms with Gasteiger partial charge in [-0.25, -0.2) is 0 Å². The molecule has 0 bridgehead atoms. The van der Waals surface area contributed by atoms with Crippen LogP contribution in [0.2, 0.25) is 5.02 Å². The molecule has 3 aromatic carbocycles. The second kappa shape index (κ2) is 9.83. The van der Waals surface area contributed by atoms with Crippen molar-refractivity contribution in [2.24, 2.45) is 5.92 Å². The molecule has 1 aliphatic rings. The van der Waals surface area contributed by atoms with Crippen LogP contribution in [0.25, 0.3) is 11.1 Å². The normalized spacial score (nSPS) is 12.9. The average molecular weight is 429 g/mol. The average Bonchev–Trinajstić information content (AvgIpc) is 3.58. The highest BCUT2D eigenvalue weighted by Crippen LogP contribution is 2.29. The van der Waals surface area contributed by atoms with E-state index in [1.165, 1.54) is 24.9 Å². The van der Waals surface area contributed by atoms with Crippen molar-refractivity contribution < 1.29 is 4.79 Å². The second-order valence-corrected chi connectivity index (χ2v) is 8.56. The molecule has 0 aromatic heterocycles. The van der Waals surface area contributed by atoms with E-state index in [1.54, 1.807) is 0 Å². The maximum Gasteiger partial charge on any atom is 0.300 e. The van der Waals surface area contributed by atoms with Crippen LogP contribution < -0.4 is 5.32 Å². The molecule has 0 spiro atoms. The van der Waals surface area contributed by atoms with Crippen molar-refractivity contribution >= 4 is 23.2 Å². The summed E-state index contributed by atoms with van der Waals surface area (Å²) in [6, 6.07) is 23.5. The van der Waals surface area contributed by atoms with Gasteiger partial charge in [0.2, 0.25) is 0 Å². The smallest absolute Gasteiger partial charge is 0.300 e. The summed E-state index contributed by atoms with van der Waals surface area (Å²) >= 11 is 5.94. The fraction of sp³-hybridized carbons (Fsp3) is 0.222. The molecule has 0 saturated heterocycles. The Hall–Kier alpha value is -3.06. The van der Waals surface area contributed by atoms with Crippen molar-refractivity contribution in [1.29, 1.82) is 0 Å². The van der Waals surface area contributed by atoms with Crippen molar-refractivity contribution in [1.82, 2.24) is 4.90 Å². The number of carbonyl (C=O) groups is 1. The molecule has 156 valence electrons. The summed E-state index contributed by atoms with van der Waals surface area (Å²) in [7, 11) is 2.17. The molecular formula is C27H25ClN2O. The van der Waals surface area contributed by atoms with Crippen LogP contribution >= 0.6 is 11.6 Å². The lowest BCUT2D eigenvalue weighted by molar-refractivity contribution is -0.111. The van der Waals surface area contributed by atoms with E-state index >= 15 is 0 Å². The fourth-order valence-corrected chi connectivity index (χ4v) is 3.62. The van der Waals surface area contributed by atoms with Gasteiger partial charge in [-0.15, -0.1) is 0 Å². The molecule has 3 nitrogen and oxygen atoms in total. The van der Waals surface area contributed by atoms with Gasteiger partial charge in [0, 0.05) is 35.3 Å². The summed E-state index contributed by atoms with van der Waals surface area (Å²) in [4.78, 5) is 14.6. The fourth-order valence-electron chi connectivity index (χ4n) is 3.49. The summed E-state index contributed by atoms with van der Waals surface area (Å²) in [6.45, 7) is 2.11. The SMILES string of the molecule is CN(Cc1ccc(C#CC(=O)Nc2ccc(-c3ccc(Cl)cc3)cc2)cc1)CC1CC1. The summed E-state index contributed by atoms with van der Waals surface area (Å²) in [5.41, 5.74) is 4.94. The zero-order chi connectivity index (χ0) is 21.6. The minimum Gasteiger partial charge on any atom is -0.315 e. The first-order chi connectivity index (χ1) is 15.0. The first-order valence-electron chi connectivity index (χ1n) is 10.5. The first kappa shape index (κ1) is 21.2. The number of carbonyl (C=O) groups excluding carboxylic acids is 1. The van der Waals surface area contributed by atoms with Crippen LogP contribution in [-0.2, 0) is 11.3 Å². The van der Waals surface area contributed by atoms with E-state index in [4.69, 9.17) is 11.6 Å². The Morgan fingerprint density at radius 3 is 2.19 bits per heavy atom. The minimum atomic E-state index is -0.326. The number of nitrogens with one attached hydrogen (secondary N) is 1. The zero-order valence-corrected chi connectivity index (χ0v) is 18.3. The standard InChI is InChI=1S/C27H25ClN2O/c1-30(19-22-6-7-22)18-21-4-2-20(3-5-21)8-17-27(31)29-26-15-11-24(12-16-26)23-9-13-25(28)14-10-23/h2-5,9-16,22H,6-7,18-19H2,1H3,(H,29,31). The molecule has 4 heteroatoms. The van der Waals surface area contributed by atoms with Gasteiger partial charge in [0.25, 0.3) is 0 Å². The lowest BCUT2D eigenvalue weighted by atomic mass is 10.1. The van der Waals surface area contributed by atoms with Crippen LogP contribution in [0.5, 0.6) is 0 Å². The lowest BCUT2D eigenvalue weighted by Crippen LogP contribution is -2.20. The summed E-state index contributed by atoms with van der Waals surface area (Å²) in [5.74, 6) is 6.18. The number of hydrogen-bond donors (Lipinski definition) is 1. The molecule has 0 aliphatic heterocycles. The van der Waals surface area contributed by atoms with E-state index in [2.05, 4.69) is 41.2 Å². The summed E-state index contributed by atoms with van der Waals surface area (Å²) < 4.78 is 0. The third kappa shape index (κ3) is 6.46. The zero-order valence-electron chi connectivity index (χ0n) is 17.6. The van der Waals surface area contributed by atoms with E-state index in [9.17, 15) is 4.79 Å². The van der Waals surface area contributed by atoms with Gasteiger partial charge >= 0.3 is 5.91 Å². The van der Waals surface area contributed by atoms with Crippen molar-refractivity contribution in [3.63, 3.8) is 0 Å². The van der Waals surface area contributed by atoms with E-state index in [0.717, 1.165) is 29.2 Å². The molecule has 1 fully saturated rings. The Balaban J connectivity index is 1.31.